The number of nitrogens with one attached hydrogen (secondary N) is 1. The SMILES string of the molecule is Cc1cnc(Cl)c(NC(=O)c2cccnc2C)c1. The predicted molar refractivity (Wildman–Crippen MR) is 70.9 cm³/mol. The number of nitrogens with zero attached hydrogens (tertiary/aromatic N) is 2. The summed E-state index contributed by atoms with van der Waals surface area (Å²) in [7, 11) is 0. The van der Waals surface area contributed by atoms with Gasteiger partial charge in [0.15, 0.2) is 5.15 Å². The van der Waals surface area contributed by atoms with Crippen molar-refractivity contribution < 1.29 is 4.79 Å². The van der Waals surface area contributed by atoms with Crippen molar-refractivity contribution in [3.05, 3.63) is 52.6 Å². The van der Waals surface area contributed by atoms with Crippen LogP contribution in [0, 0.1) is 13.8 Å². The molecule has 0 saturated carbocycles. The molecule has 0 aliphatic carbocycles. The molecule has 2 aromatic rings. The molecular formula is C13H12ClN3O. The van der Waals surface area contributed by atoms with E-state index in [0.717, 1.165) is 5.56 Å². The Balaban J connectivity index is 2.27. The molecule has 4 nitrogen and oxygen atoms in total. The molecule has 1 N–H and O–H groups in total. The topological polar surface area (TPSA) is 54.9 Å². The van der Waals surface area contributed by atoms with Crippen molar-refractivity contribution >= 4 is 23.2 Å². The number of aryl methyl sites for hydroxylation is 2. The van der Waals surface area contributed by atoms with Gasteiger partial charge in [-0.25, -0.2) is 4.98 Å². The van der Waals surface area contributed by atoms with E-state index in [2.05, 4.69) is 15.3 Å². The normalized spacial score (nSPS) is 10.2. The minimum atomic E-state index is -0.241. The summed E-state index contributed by atoms with van der Waals surface area (Å²) in [5, 5.41) is 3.01. The fourth-order valence-electron chi connectivity index (χ4n) is 1.55. The van der Waals surface area contributed by atoms with Gasteiger partial charge in [0.25, 0.3) is 5.91 Å². The van der Waals surface area contributed by atoms with Gasteiger partial charge in [-0.05, 0) is 37.6 Å². The highest BCUT2D eigenvalue weighted by Gasteiger charge is 2.11. The summed E-state index contributed by atoms with van der Waals surface area (Å²) in [6, 6.07) is 5.21. The van der Waals surface area contributed by atoms with Gasteiger partial charge >= 0.3 is 0 Å². The average Bonchev–Trinajstić information content (AvgIpc) is 2.34. The Hall–Kier alpha value is -1.94. The minimum absolute atomic E-state index is 0.241. The maximum absolute atomic E-state index is 12.1. The van der Waals surface area contributed by atoms with Gasteiger partial charge in [0, 0.05) is 18.1 Å². The lowest BCUT2D eigenvalue weighted by Gasteiger charge is -2.08. The molecule has 0 aliphatic rings. The Morgan fingerprint density at radius 3 is 2.83 bits per heavy atom. The zero-order chi connectivity index (χ0) is 13.1. The lowest BCUT2D eigenvalue weighted by atomic mass is 10.2. The molecule has 0 spiro atoms. The molecule has 2 heterocycles. The Labute approximate surface area is 110 Å². The highest BCUT2D eigenvalue weighted by Crippen LogP contribution is 2.20. The van der Waals surface area contributed by atoms with Gasteiger partial charge in [0.05, 0.1) is 11.3 Å². The molecule has 0 aliphatic heterocycles. The van der Waals surface area contributed by atoms with Gasteiger partial charge in [0.1, 0.15) is 0 Å². The van der Waals surface area contributed by atoms with Crippen molar-refractivity contribution in [1.82, 2.24) is 9.97 Å². The number of halogens is 1. The number of carbonyl (C=O) groups excluding carboxylic acids is 1. The number of rotatable bonds is 2. The number of aromatic nitrogens is 2. The molecule has 0 fully saturated rings. The molecule has 18 heavy (non-hydrogen) atoms. The van der Waals surface area contributed by atoms with E-state index in [-0.39, 0.29) is 11.1 Å². The third-order valence-corrected chi connectivity index (χ3v) is 2.78. The quantitative estimate of drug-likeness (QED) is 0.846. The number of anilines is 1. The molecule has 0 atom stereocenters. The van der Waals surface area contributed by atoms with E-state index < -0.39 is 0 Å². The van der Waals surface area contributed by atoms with E-state index >= 15 is 0 Å². The van der Waals surface area contributed by atoms with Gasteiger partial charge in [-0.1, -0.05) is 11.6 Å². The molecule has 0 aromatic carbocycles. The van der Waals surface area contributed by atoms with Crippen LogP contribution in [-0.2, 0) is 0 Å². The van der Waals surface area contributed by atoms with E-state index in [4.69, 9.17) is 11.6 Å². The summed E-state index contributed by atoms with van der Waals surface area (Å²) >= 11 is 5.93. The molecule has 2 rings (SSSR count). The standard InChI is InChI=1S/C13H12ClN3O/c1-8-6-11(12(14)16-7-8)17-13(18)10-4-3-5-15-9(10)2/h3-7H,1-2H3,(H,17,18). The molecule has 0 bridgehead atoms. The van der Waals surface area contributed by atoms with E-state index in [9.17, 15) is 4.79 Å². The van der Waals surface area contributed by atoms with Crippen LogP contribution >= 0.6 is 11.6 Å². The zero-order valence-electron chi connectivity index (χ0n) is 10.1. The van der Waals surface area contributed by atoms with Crippen molar-refractivity contribution in [3.63, 3.8) is 0 Å². The third kappa shape index (κ3) is 2.65. The maximum atomic E-state index is 12.1. The largest absolute Gasteiger partial charge is 0.319 e. The summed E-state index contributed by atoms with van der Waals surface area (Å²) in [5.74, 6) is -0.241. The van der Waals surface area contributed by atoms with Gasteiger partial charge < -0.3 is 5.32 Å². The van der Waals surface area contributed by atoms with Crippen LogP contribution in [0.4, 0.5) is 5.69 Å². The molecule has 0 unspecified atom stereocenters. The van der Waals surface area contributed by atoms with Crippen LogP contribution < -0.4 is 5.32 Å². The number of hydrogen-bond acceptors (Lipinski definition) is 3. The van der Waals surface area contributed by atoms with Crippen molar-refractivity contribution in [3.8, 4) is 0 Å². The number of pyridine rings is 2. The van der Waals surface area contributed by atoms with Gasteiger partial charge in [-0.3, -0.25) is 9.78 Å². The highest BCUT2D eigenvalue weighted by atomic mass is 35.5. The second kappa shape index (κ2) is 5.14. The van der Waals surface area contributed by atoms with Gasteiger partial charge in [-0.15, -0.1) is 0 Å². The van der Waals surface area contributed by atoms with E-state index in [1.54, 1.807) is 37.5 Å². The molecule has 92 valence electrons. The summed E-state index contributed by atoms with van der Waals surface area (Å²) in [5.41, 5.74) is 2.63. The first-order valence-electron chi connectivity index (χ1n) is 5.43. The summed E-state index contributed by atoms with van der Waals surface area (Å²) in [6.07, 6.45) is 3.29. The lowest BCUT2D eigenvalue weighted by Crippen LogP contribution is -2.14. The maximum Gasteiger partial charge on any atom is 0.257 e. The van der Waals surface area contributed by atoms with Crippen LogP contribution in [-0.4, -0.2) is 15.9 Å². The first-order valence-corrected chi connectivity index (χ1v) is 5.81. The number of carbonyl (C=O) groups is 1. The second-order valence-electron chi connectivity index (χ2n) is 3.94. The van der Waals surface area contributed by atoms with E-state index in [1.165, 1.54) is 0 Å². The molecule has 0 radical (unpaired) electrons. The van der Waals surface area contributed by atoms with Crippen LogP contribution in [0.5, 0.6) is 0 Å². The van der Waals surface area contributed by atoms with Crippen LogP contribution in [0.1, 0.15) is 21.6 Å². The van der Waals surface area contributed by atoms with Crippen molar-refractivity contribution in [2.75, 3.05) is 5.32 Å². The average molecular weight is 262 g/mol. The fourth-order valence-corrected chi connectivity index (χ4v) is 1.70. The zero-order valence-corrected chi connectivity index (χ0v) is 10.8. The third-order valence-electron chi connectivity index (χ3n) is 2.48. The first-order chi connectivity index (χ1) is 8.58. The Morgan fingerprint density at radius 1 is 1.33 bits per heavy atom. The van der Waals surface area contributed by atoms with Crippen molar-refractivity contribution in [2.45, 2.75) is 13.8 Å². The van der Waals surface area contributed by atoms with Crippen molar-refractivity contribution in [1.29, 1.82) is 0 Å². The highest BCUT2D eigenvalue weighted by molar-refractivity contribution is 6.32. The van der Waals surface area contributed by atoms with Crippen LogP contribution in [0.3, 0.4) is 0 Å². The minimum Gasteiger partial charge on any atom is -0.319 e. The molecule has 0 saturated heterocycles. The van der Waals surface area contributed by atoms with Crippen LogP contribution in [0.15, 0.2) is 30.6 Å². The first kappa shape index (κ1) is 12.5. The van der Waals surface area contributed by atoms with Crippen molar-refractivity contribution in [2.24, 2.45) is 0 Å². The van der Waals surface area contributed by atoms with Crippen LogP contribution in [0.25, 0.3) is 0 Å². The number of hydrogen-bond donors (Lipinski definition) is 1. The predicted octanol–water partition coefficient (Wildman–Crippen LogP) is 3.00. The Bertz CT molecular complexity index is 599. The van der Waals surface area contributed by atoms with Gasteiger partial charge in [0.2, 0.25) is 0 Å². The smallest absolute Gasteiger partial charge is 0.257 e. The van der Waals surface area contributed by atoms with E-state index in [1.807, 2.05) is 6.92 Å². The molecule has 2 aromatic heterocycles. The summed E-state index contributed by atoms with van der Waals surface area (Å²) in [4.78, 5) is 20.1. The molecular weight excluding hydrogens is 250 g/mol. The van der Waals surface area contributed by atoms with Gasteiger partial charge in [-0.2, -0.15) is 0 Å². The summed E-state index contributed by atoms with van der Waals surface area (Å²) < 4.78 is 0. The lowest BCUT2D eigenvalue weighted by molar-refractivity contribution is 0.102. The monoisotopic (exact) mass is 261 g/mol. The Morgan fingerprint density at radius 2 is 2.11 bits per heavy atom. The van der Waals surface area contributed by atoms with E-state index in [0.29, 0.717) is 16.9 Å². The molecule has 1 amide bonds. The van der Waals surface area contributed by atoms with Crippen LogP contribution in [0.2, 0.25) is 5.15 Å². The summed E-state index contributed by atoms with van der Waals surface area (Å²) in [6.45, 7) is 3.67. The fraction of sp³-hybridized carbons (Fsp3) is 0.154. The molecule has 5 heteroatoms. The second-order valence-corrected chi connectivity index (χ2v) is 4.30. The Kier molecular flexibility index (Phi) is 3.58. The number of amides is 1.